The maximum absolute atomic E-state index is 12.6. The van der Waals surface area contributed by atoms with Crippen molar-refractivity contribution in [2.75, 3.05) is 5.32 Å². The number of Topliss-reactive ketones (excluding diaryl/α,β-unsaturated/α-hetero) is 1. The fourth-order valence-electron chi connectivity index (χ4n) is 2.87. The fraction of sp³-hybridized carbons (Fsp3) is 0.0455. The average molecular weight is 371 g/mol. The molecule has 4 aromatic rings. The first kappa shape index (κ1) is 17.5. The van der Waals surface area contributed by atoms with Crippen LogP contribution in [0.15, 0.2) is 79.3 Å². The van der Waals surface area contributed by atoms with Crippen molar-refractivity contribution < 1.29 is 14.3 Å². The Morgan fingerprint density at radius 1 is 1.04 bits per heavy atom. The quantitative estimate of drug-likeness (QED) is 0.397. The maximum atomic E-state index is 12.6. The van der Waals surface area contributed by atoms with Crippen molar-refractivity contribution in [1.82, 2.24) is 9.97 Å². The van der Waals surface area contributed by atoms with Crippen molar-refractivity contribution in [3.05, 3.63) is 90.4 Å². The first-order valence-corrected chi connectivity index (χ1v) is 8.74. The van der Waals surface area contributed by atoms with Gasteiger partial charge in [-0.3, -0.25) is 14.6 Å². The molecule has 0 atom stereocenters. The predicted molar refractivity (Wildman–Crippen MR) is 106 cm³/mol. The number of fused-ring (bicyclic) bond motifs is 1. The number of rotatable bonds is 6. The molecular weight excluding hydrogens is 354 g/mol. The van der Waals surface area contributed by atoms with E-state index < -0.39 is 11.7 Å². The number of ketones is 1. The van der Waals surface area contributed by atoms with Gasteiger partial charge >= 0.3 is 0 Å². The number of nitrogens with one attached hydrogen (secondary N) is 2. The van der Waals surface area contributed by atoms with Gasteiger partial charge < -0.3 is 15.0 Å². The van der Waals surface area contributed by atoms with Gasteiger partial charge in [-0.25, -0.2) is 0 Å². The minimum absolute atomic E-state index is 0.293. The molecule has 2 aromatic heterocycles. The third-order valence-corrected chi connectivity index (χ3v) is 4.27. The van der Waals surface area contributed by atoms with Crippen LogP contribution in [0.1, 0.15) is 15.9 Å². The van der Waals surface area contributed by atoms with Crippen molar-refractivity contribution in [2.24, 2.45) is 0 Å². The van der Waals surface area contributed by atoms with Gasteiger partial charge in [0.05, 0.1) is 17.4 Å². The summed E-state index contributed by atoms with van der Waals surface area (Å²) in [5.74, 6) is -0.725. The van der Waals surface area contributed by atoms with Gasteiger partial charge in [0.15, 0.2) is 0 Å². The zero-order valence-electron chi connectivity index (χ0n) is 14.9. The van der Waals surface area contributed by atoms with Gasteiger partial charge in [-0.2, -0.15) is 0 Å². The van der Waals surface area contributed by atoms with E-state index in [1.165, 1.54) is 12.4 Å². The second kappa shape index (κ2) is 7.75. The summed E-state index contributed by atoms with van der Waals surface area (Å²) in [5, 5.41) is 3.20. The molecule has 0 aliphatic heterocycles. The molecule has 28 heavy (non-hydrogen) atoms. The smallest absolute Gasteiger partial charge is 0.296 e. The molecule has 2 aromatic carbocycles. The number of ether oxygens (including phenoxy) is 1. The molecule has 0 bridgehead atoms. The lowest BCUT2D eigenvalue weighted by atomic mass is 10.1. The normalized spacial score (nSPS) is 10.6. The zero-order chi connectivity index (χ0) is 19.3. The molecule has 0 saturated heterocycles. The standard InChI is InChI=1S/C22H17N3O3/c26-21(22(27)25-16-7-4-10-23-12-16)19-13-24-20-9-8-17(11-18(19)20)28-14-15-5-2-1-3-6-15/h1-13,24H,14H2,(H,25,27). The van der Waals surface area contributed by atoms with Gasteiger partial charge in [-0.05, 0) is 35.9 Å². The van der Waals surface area contributed by atoms with Gasteiger partial charge in [0.1, 0.15) is 12.4 Å². The number of carbonyl (C=O) groups excluding carboxylic acids is 2. The van der Waals surface area contributed by atoms with E-state index in [-0.39, 0.29) is 0 Å². The van der Waals surface area contributed by atoms with E-state index in [1.807, 2.05) is 42.5 Å². The third-order valence-electron chi connectivity index (χ3n) is 4.27. The van der Waals surface area contributed by atoms with Crippen molar-refractivity contribution in [3.8, 4) is 5.75 Å². The molecule has 0 aliphatic rings. The molecule has 0 unspecified atom stereocenters. The predicted octanol–water partition coefficient (Wildman–Crippen LogP) is 3.96. The summed E-state index contributed by atoms with van der Waals surface area (Å²) < 4.78 is 5.83. The topological polar surface area (TPSA) is 84.1 Å². The van der Waals surface area contributed by atoms with Crippen LogP contribution in [0.4, 0.5) is 5.69 Å². The number of aromatic nitrogens is 2. The molecule has 0 saturated carbocycles. The largest absolute Gasteiger partial charge is 0.489 e. The van der Waals surface area contributed by atoms with Crippen LogP contribution in [0.5, 0.6) is 5.75 Å². The van der Waals surface area contributed by atoms with Crippen LogP contribution in [0, 0.1) is 0 Å². The van der Waals surface area contributed by atoms with Crippen molar-refractivity contribution in [1.29, 1.82) is 0 Å². The first-order chi connectivity index (χ1) is 13.7. The molecule has 6 nitrogen and oxygen atoms in total. The number of hydrogen-bond donors (Lipinski definition) is 2. The number of anilines is 1. The van der Waals surface area contributed by atoms with Crippen molar-refractivity contribution >= 4 is 28.3 Å². The van der Waals surface area contributed by atoms with E-state index in [0.717, 1.165) is 11.1 Å². The molecule has 4 rings (SSSR count). The van der Waals surface area contributed by atoms with Crippen LogP contribution < -0.4 is 10.1 Å². The number of pyridine rings is 1. The molecule has 6 heteroatoms. The summed E-state index contributed by atoms with van der Waals surface area (Å²) >= 11 is 0. The maximum Gasteiger partial charge on any atom is 0.296 e. The third kappa shape index (κ3) is 3.76. The number of benzene rings is 2. The molecule has 2 heterocycles. The van der Waals surface area contributed by atoms with Crippen molar-refractivity contribution in [2.45, 2.75) is 6.61 Å². The van der Waals surface area contributed by atoms with E-state index in [0.29, 0.717) is 29.0 Å². The lowest BCUT2D eigenvalue weighted by Crippen LogP contribution is -2.22. The van der Waals surface area contributed by atoms with Gasteiger partial charge in [-0.1, -0.05) is 30.3 Å². The zero-order valence-corrected chi connectivity index (χ0v) is 14.9. The van der Waals surface area contributed by atoms with E-state index in [2.05, 4.69) is 15.3 Å². The molecule has 0 aliphatic carbocycles. The highest BCUT2D eigenvalue weighted by Gasteiger charge is 2.20. The molecular formula is C22H17N3O3. The Morgan fingerprint density at radius 3 is 2.68 bits per heavy atom. The molecule has 0 fully saturated rings. The molecule has 0 spiro atoms. The van der Waals surface area contributed by atoms with Gasteiger partial charge in [-0.15, -0.1) is 0 Å². The first-order valence-electron chi connectivity index (χ1n) is 8.74. The van der Waals surface area contributed by atoms with Crippen molar-refractivity contribution in [3.63, 3.8) is 0 Å². The lowest BCUT2D eigenvalue weighted by molar-refractivity contribution is -0.112. The Labute approximate surface area is 161 Å². The van der Waals surface area contributed by atoms with Crippen LogP contribution in [0.25, 0.3) is 10.9 Å². The summed E-state index contributed by atoms with van der Waals surface area (Å²) in [7, 11) is 0. The van der Waals surface area contributed by atoms with E-state index in [4.69, 9.17) is 4.74 Å². The Morgan fingerprint density at radius 2 is 1.89 bits per heavy atom. The van der Waals surface area contributed by atoms with E-state index in [1.54, 1.807) is 24.4 Å². The summed E-state index contributed by atoms with van der Waals surface area (Å²) in [6, 6.07) is 18.6. The lowest BCUT2D eigenvalue weighted by Gasteiger charge is -2.07. The van der Waals surface area contributed by atoms with Crippen LogP contribution >= 0.6 is 0 Å². The van der Waals surface area contributed by atoms with Crippen LogP contribution in [-0.2, 0) is 11.4 Å². The summed E-state index contributed by atoms with van der Waals surface area (Å²) in [6.45, 7) is 0.418. The second-order valence-corrected chi connectivity index (χ2v) is 6.21. The number of nitrogens with zero attached hydrogens (tertiary/aromatic N) is 1. The van der Waals surface area contributed by atoms with E-state index >= 15 is 0 Å². The fourth-order valence-corrected chi connectivity index (χ4v) is 2.87. The number of H-pyrrole nitrogens is 1. The van der Waals surface area contributed by atoms with Gasteiger partial charge in [0, 0.05) is 23.3 Å². The number of aromatic amines is 1. The van der Waals surface area contributed by atoms with Crippen LogP contribution in [0.2, 0.25) is 0 Å². The minimum atomic E-state index is -0.718. The van der Waals surface area contributed by atoms with Gasteiger partial charge in [0.2, 0.25) is 0 Å². The Balaban J connectivity index is 1.54. The summed E-state index contributed by atoms with van der Waals surface area (Å²) in [5.41, 5.74) is 2.56. The number of carbonyl (C=O) groups is 2. The molecule has 138 valence electrons. The summed E-state index contributed by atoms with van der Waals surface area (Å²) in [6.07, 6.45) is 4.61. The second-order valence-electron chi connectivity index (χ2n) is 6.21. The Kier molecular flexibility index (Phi) is 4.84. The molecule has 0 radical (unpaired) electrons. The monoisotopic (exact) mass is 371 g/mol. The Hall–Kier alpha value is -3.93. The highest BCUT2D eigenvalue weighted by molar-refractivity contribution is 6.48. The molecule has 1 amide bonds. The average Bonchev–Trinajstić information content (AvgIpc) is 3.16. The van der Waals surface area contributed by atoms with E-state index in [9.17, 15) is 9.59 Å². The number of hydrogen-bond acceptors (Lipinski definition) is 4. The van der Waals surface area contributed by atoms with Gasteiger partial charge in [0.25, 0.3) is 11.7 Å². The summed E-state index contributed by atoms with van der Waals surface area (Å²) in [4.78, 5) is 31.9. The molecule has 2 N–H and O–H groups in total. The van der Waals surface area contributed by atoms with Crippen LogP contribution in [0.3, 0.4) is 0 Å². The number of amides is 1. The minimum Gasteiger partial charge on any atom is -0.489 e. The van der Waals surface area contributed by atoms with Crippen LogP contribution in [-0.4, -0.2) is 21.7 Å². The highest BCUT2D eigenvalue weighted by atomic mass is 16.5. The SMILES string of the molecule is O=C(Nc1cccnc1)C(=O)c1c[nH]c2ccc(OCc3ccccc3)cc12. The Bertz CT molecular complexity index is 1120. The highest BCUT2D eigenvalue weighted by Crippen LogP contribution is 2.25.